The van der Waals surface area contributed by atoms with Gasteiger partial charge in [0, 0.05) is 32.9 Å². The second-order valence-corrected chi connectivity index (χ2v) is 14.9. The van der Waals surface area contributed by atoms with Gasteiger partial charge in [0.05, 0.1) is 33.7 Å². The molecule has 0 aliphatic carbocycles. The molecule has 0 unspecified atom stereocenters. The van der Waals surface area contributed by atoms with Crippen molar-refractivity contribution in [3.05, 3.63) is 218 Å². The van der Waals surface area contributed by atoms with E-state index in [0.29, 0.717) is 5.56 Å². The summed E-state index contributed by atoms with van der Waals surface area (Å²) in [6.45, 7) is 0. The van der Waals surface area contributed by atoms with Crippen LogP contribution in [0.5, 0.6) is 0 Å². The molecule has 2 aromatic heterocycles. The summed E-state index contributed by atoms with van der Waals surface area (Å²) in [5.74, 6) is 0. The number of nitriles is 1. The molecule has 0 saturated heterocycles. The highest BCUT2D eigenvalue weighted by Gasteiger charge is 2.16. The standard InChI is InChI=1S/C55H35N3/c56-36-37-20-22-39(23-21-37)43-13-9-15-47(33-43)58-53-19-7-5-17-49(53)51-35-45(29-31-55(51)58)41-26-24-40(25-27-41)44-28-30-54-50(34-44)48-16-4-6-18-52(48)57(54)46-14-8-12-42(32-46)38-10-2-1-3-11-38/h1-35H. The summed E-state index contributed by atoms with van der Waals surface area (Å²) in [6.07, 6.45) is 0. The first-order chi connectivity index (χ1) is 28.7. The monoisotopic (exact) mass is 737 g/mol. The van der Waals surface area contributed by atoms with E-state index < -0.39 is 0 Å². The maximum Gasteiger partial charge on any atom is 0.0991 e. The summed E-state index contributed by atoms with van der Waals surface area (Å²) < 4.78 is 4.75. The molecule has 11 rings (SSSR count). The first-order valence-electron chi connectivity index (χ1n) is 19.6. The van der Waals surface area contributed by atoms with Crippen molar-refractivity contribution in [2.24, 2.45) is 0 Å². The van der Waals surface area contributed by atoms with Crippen molar-refractivity contribution in [1.29, 1.82) is 5.26 Å². The predicted molar refractivity (Wildman–Crippen MR) is 242 cm³/mol. The Balaban J connectivity index is 0.949. The number of aromatic nitrogens is 2. The molecule has 2 heterocycles. The summed E-state index contributed by atoms with van der Waals surface area (Å²) in [5.41, 5.74) is 17.0. The van der Waals surface area contributed by atoms with Crippen molar-refractivity contribution in [2.45, 2.75) is 0 Å². The quantitative estimate of drug-likeness (QED) is 0.167. The van der Waals surface area contributed by atoms with Crippen LogP contribution >= 0.6 is 0 Å². The lowest BCUT2D eigenvalue weighted by Crippen LogP contribution is -1.94. The van der Waals surface area contributed by atoms with Crippen LogP contribution in [0.1, 0.15) is 5.56 Å². The van der Waals surface area contributed by atoms with Gasteiger partial charge in [0.1, 0.15) is 0 Å². The Labute approximate surface area is 336 Å². The Morgan fingerprint density at radius 1 is 0.276 bits per heavy atom. The number of rotatable bonds is 6. The summed E-state index contributed by atoms with van der Waals surface area (Å²) in [6, 6.07) is 78.2. The van der Waals surface area contributed by atoms with Crippen LogP contribution in [-0.2, 0) is 0 Å². The first kappa shape index (κ1) is 33.4. The number of hydrogen-bond donors (Lipinski definition) is 0. The largest absolute Gasteiger partial charge is 0.309 e. The van der Waals surface area contributed by atoms with Crippen molar-refractivity contribution in [1.82, 2.24) is 9.13 Å². The van der Waals surface area contributed by atoms with Crippen molar-refractivity contribution >= 4 is 43.6 Å². The Hall–Kier alpha value is -7.93. The van der Waals surface area contributed by atoms with E-state index in [0.717, 1.165) is 28.0 Å². The minimum atomic E-state index is 0.663. The molecule has 3 nitrogen and oxygen atoms in total. The molecule has 58 heavy (non-hydrogen) atoms. The lowest BCUT2D eigenvalue weighted by Gasteiger charge is -2.11. The summed E-state index contributed by atoms with van der Waals surface area (Å²) in [7, 11) is 0. The lowest BCUT2D eigenvalue weighted by molar-refractivity contribution is 1.18. The van der Waals surface area contributed by atoms with Crippen LogP contribution in [0.3, 0.4) is 0 Å². The minimum absolute atomic E-state index is 0.663. The highest BCUT2D eigenvalue weighted by molar-refractivity contribution is 6.11. The zero-order valence-electron chi connectivity index (χ0n) is 31.5. The van der Waals surface area contributed by atoms with Gasteiger partial charge in [-0.2, -0.15) is 5.26 Å². The summed E-state index contributed by atoms with van der Waals surface area (Å²) >= 11 is 0. The fraction of sp³-hybridized carbons (Fsp3) is 0. The minimum Gasteiger partial charge on any atom is -0.309 e. The Morgan fingerprint density at radius 2 is 0.638 bits per heavy atom. The van der Waals surface area contributed by atoms with E-state index in [-0.39, 0.29) is 0 Å². The number of fused-ring (bicyclic) bond motifs is 6. The van der Waals surface area contributed by atoms with Crippen LogP contribution in [0.15, 0.2) is 212 Å². The zero-order chi connectivity index (χ0) is 38.6. The average molecular weight is 738 g/mol. The molecule has 0 spiro atoms. The van der Waals surface area contributed by atoms with Crippen molar-refractivity contribution in [3.8, 4) is 62.0 Å². The zero-order valence-corrected chi connectivity index (χ0v) is 31.5. The average Bonchev–Trinajstić information content (AvgIpc) is 3.82. The van der Waals surface area contributed by atoms with Gasteiger partial charge in [-0.1, -0.05) is 140 Å². The van der Waals surface area contributed by atoms with Crippen LogP contribution in [0.4, 0.5) is 0 Å². The molecule has 0 radical (unpaired) electrons. The molecule has 0 N–H and O–H groups in total. The molecule has 11 aromatic rings. The van der Waals surface area contributed by atoms with Gasteiger partial charge in [-0.25, -0.2) is 0 Å². The maximum atomic E-state index is 9.29. The summed E-state index contributed by atoms with van der Waals surface area (Å²) in [4.78, 5) is 0. The molecule has 0 amide bonds. The fourth-order valence-corrected chi connectivity index (χ4v) is 8.73. The lowest BCUT2D eigenvalue weighted by atomic mass is 9.98. The van der Waals surface area contributed by atoms with Gasteiger partial charge in [-0.3, -0.25) is 0 Å². The van der Waals surface area contributed by atoms with Crippen molar-refractivity contribution in [3.63, 3.8) is 0 Å². The van der Waals surface area contributed by atoms with Crippen LogP contribution in [-0.4, -0.2) is 9.13 Å². The van der Waals surface area contributed by atoms with Crippen LogP contribution in [0, 0.1) is 11.3 Å². The number of hydrogen-bond acceptors (Lipinski definition) is 1. The Morgan fingerprint density at radius 3 is 1.12 bits per heavy atom. The second kappa shape index (κ2) is 13.7. The third-order valence-corrected chi connectivity index (χ3v) is 11.6. The molecule has 0 saturated carbocycles. The molecule has 270 valence electrons. The molecule has 0 bridgehead atoms. The number of nitrogens with zero attached hydrogens (tertiary/aromatic N) is 3. The Bertz CT molecular complexity index is 3380. The number of para-hydroxylation sites is 2. The molecular formula is C55H35N3. The van der Waals surface area contributed by atoms with E-state index in [2.05, 4.69) is 203 Å². The first-order valence-corrected chi connectivity index (χ1v) is 19.6. The van der Waals surface area contributed by atoms with E-state index >= 15 is 0 Å². The number of benzene rings is 9. The van der Waals surface area contributed by atoms with Crippen LogP contribution in [0.2, 0.25) is 0 Å². The summed E-state index contributed by atoms with van der Waals surface area (Å²) in [5, 5.41) is 14.2. The molecule has 0 aliphatic rings. The van der Waals surface area contributed by atoms with E-state index in [1.54, 1.807) is 0 Å². The normalized spacial score (nSPS) is 11.4. The van der Waals surface area contributed by atoms with Gasteiger partial charge in [0.15, 0.2) is 0 Å². The van der Waals surface area contributed by atoms with Gasteiger partial charge in [-0.15, -0.1) is 0 Å². The predicted octanol–water partition coefficient (Wildman–Crippen LogP) is 14.4. The van der Waals surface area contributed by atoms with Gasteiger partial charge in [0.2, 0.25) is 0 Å². The molecule has 0 aliphatic heterocycles. The second-order valence-electron chi connectivity index (χ2n) is 14.9. The Kier molecular flexibility index (Phi) is 7.88. The molecule has 9 aromatic carbocycles. The van der Waals surface area contributed by atoms with E-state index in [1.807, 2.05) is 24.3 Å². The van der Waals surface area contributed by atoms with Crippen molar-refractivity contribution in [2.75, 3.05) is 0 Å². The fourth-order valence-electron chi connectivity index (χ4n) is 8.73. The van der Waals surface area contributed by atoms with Gasteiger partial charge in [-0.05, 0) is 117 Å². The van der Waals surface area contributed by atoms with Gasteiger partial charge in [0.25, 0.3) is 0 Å². The van der Waals surface area contributed by atoms with E-state index in [9.17, 15) is 5.26 Å². The molecular weight excluding hydrogens is 703 g/mol. The van der Waals surface area contributed by atoms with Gasteiger partial charge < -0.3 is 9.13 Å². The van der Waals surface area contributed by atoms with Crippen molar-refractivity contribution < 1.29 is 0 Å². The topological polar surface area (TPSA) is 33.6 Å². The smallest absolute Gasteiger partial charge is 0.0991 e. The highest BCUT2D eigenvalue weighted by atomic mass is 15.0. The van der Waals surface area contributed by atoms with Crippen LogP contribution < -0.4 is 0 Å². The molecule has 0 atom stereocenters. The molecule has 3 heteroatoms. The third kappa shape index (κ3) is 5.59. The third-order valence-electron chi connectivity index (χ3n) is 11.6. The van der Waals surface area contributed by atoms with E-state index in [4.69, 9.17) is 0 Å². The maximum absolute atomic E-state index is 9.29. The molecule has 0 fully saturated rings. The van der Waals surface area contributed by atoms with E-state index in [1.165, 1.54) is 71.5 Å². The van der Waals surface area contributed by atoms with Crippen LogP contribution in [0.25, 0.3) is 99.5 Å². The SMILES string of the molecule is N#Cc1ccc(-c2cccc(-n3c4ccccc4c4cc(-c5ccc(-c6ccc7c(c6)c6ccccc6n7-c6cccc(-c7ccccc7)c6)cc5)ccc43)c2)cc1. The highest BCUT2D eigenvalue weighted by Crippen LogP contribution is 2.38. The van der Waals surface area contributed by atoms with Gasteiger partial charge >= 0.3 is 0 Å².